The third-order valence-electron chi connectivity index (χ3n) is 4.45. The second kappa shape index (κ2) is 5.69. The summed E-state index contributed by atoms with van der Waals surface area (Å²) in [5.74, 6) is -1.99. The number of benzene rings is 1. The van der Waals surface area contributed by atoms with Gasteiger partial charge in [-0.2, -0.15) is 0 Å². The van der Waals surface area contributed by atoms with E-state index in [1.54, 1.807) is 42.9 Å². The molecule has 0 N–H and O–H groups in total. The molecule has 0 saturated heterocycles. The lowest BCUT2D eigenvalue weighted by atomic mass is 9.98. The van der Waals surface area contributed by atoms with Gasteiger partial charge in [-0.1, -0.05) is 32.0 Å². The average Bonchev–Trinajstić information content (AvgIpc) is 3.05. The molecule has 0 spiro atoms. The van der Waals surface area contributed by atoms with Crippen molar-refractivity contribution in [1.29, 1.82) is 0 Å². The van der Waals surface area contributed by atoms with Crippen molar-refractivity contribution in [3.05, 3.63) is 59.5 Å². The summed E-state index contributed by atoms with van der Waals surface area (Å²) in [4.78, 5) is 4.56. The fourth-order valence-electron chi connectivity index (χ4n) is 3.35. The van der Waals surface area contributed by atoms with Crippen LogP contribution in [0.4, 0.5) is 0 Å². The molecule has 3 heterocycles. The van der Waals surface area contributed by atoms with E-state index < -0.39 is 19.6 Å². The second-order valence-electron chi connectivity index (χ2n) is 6.26. The first-order chi connectivity index (χ1) is 14.7. The van der Waals surface area contributed by atoms with E-state index in [-0.39, 0.29) is 16.8 Å². The highest BCUT2D eigenvalue weighted by atomic mass is 16.3. The lowest BCUT2D eigenvalue weighted by Crippen LogP contribution is -2.31. The Morgan fingerprint density at radius 1 is 1.24 bits per heavy atom. The second-order valence-corrected chi connectivity index (χ2v) is 6.26. The van der Waals surface area contributed by atoms with Gasteiger partial charge >= 0.3 is 0 Å². The van der Waals surface area contributed by atoms with E-state index in [0.717, 1.165) is 5.39 Å². The number of fused-ring (bicyclic) bond motifs is 3. The highest BCUT2D eigenvalue weighted by molar-refractivity contribution is 6.12. The monoisotopic (exact) mass is 338 g/mol. The predicted octanol–water partition coefficient (Wildman–Crippen LogP) is 5.21. The molecule has 0 aliphatic heterocycles. The maximum atomic E-state index is 8.63. The molecule has 0 aliphatic rings. The summed E-state index contributed by atoms with van der Waals surface area (Å²) in [6.07, 6.45) is 1.56. The van der Waals surface area contributed by atoms with Crippen LogP contribution in [0.25, 0.3) is 33.2 Å². The Bertz CT molecular complexity index is 1350. The fourth-order valence-corrected chi connectivity index (χ4v) is 3.35. The zero-order valence-electron chi connectivity index (χ0n) is 21.3. The average molecular weight is 338 g/mol. The number of nitrogens with zero attached hydrogens (tertiary/aromatic N) is 2. The zero-order valence-corrected chi connectivity index (χ0v) is 14.3. The van der Waals surface area contributed by atoms with Crippen molar-refractivity contribution < 1.29 is 18.6 Å². The van der Waals surface area contributed by atoms with E-state index in [2.05, 4.69) is 4.98 Å². The van der Waals surface area contributed by atoms with Crippen LogP contribution in [0.15, 0.2) is 47.0 Å². The maximum Gasteiger partial charge on any atom is 0.214 e. The van der Waals surface area contributed by atoms with Crippen molar-refractivity contribution >= 4 is 21.9 Å². The van der Waals surface area contributed by atoms with Gasteiger partial charge < -0.3 is 4.42 Å². The molecule has 3 aromatic heterocycles. The minimum Gasteiger partial charge on any atom is -0.454 e. The van der Waals surface area contributed by atoms with Crippen LogP contribution in [0.5, 0.6) is 0 Å². The van der Waals surface area contributed by atoms with Gasteiger partial charge in [-0.05, 0) is 31.8 Å². The predicted molar refractivity (Wildman–Crippen MR) is 102 cm³/mol. The Morgan fingerprint density at radius 2 is 2.08 bits per heavy atom. The molecule has 0 fully saturated rings. The third kappa shape index (κ3) is 2.42. The normalized spacial score (nSPS) is 19.2. The number of para-hydroxylation sites is 1. The number of aromatic nitrogens is 2. The molecule has 0 bridgehead atoms. The number of furan rings is 1. The Morgan fingerprint density at radius 3 is 2.84 bits per heavy atom. The molecule has 4 aromatic rings. The van der Waals surface area contributed by atoms with Crippen molar-refractivity contribution in [3.63, 3.8) is 0 Å². The molecule has 1 unspecified atom stereocenters. The van der Waals surface area contributed by atoms with Crippen LogP contribution >= 0.6 is 0 Å². The van der Waals surface area contributed by atoms with E-state index in [1.165, 1.54) is 6.92 Å². The lowest BCUT2D eigenvalue weighted by Gasteiger charge is -2.11. The van der Waals surface area contributed by atoms with Crippen molar-refractivity contribution in [2.75, 3.05) is 0 Å². The molecule has 0 amide bonds. The van der Waals surface area contributed by atoms with Crippen LogP contribution in [0.1, 0.15) is 46.2 Å². The molecular formula is C22H23N2O+. The Hall–Kier alpha value is -2.68. The van der Waals surface area contributed by atoms with Crippen molar-refractivity contribution in [3.8, 4) is 11.3 Å². The van der Waals surface area contributed by atoms with Gasteiger partial charge in [-0.15, -0.1) is 0 Å². The van der Waals surface area contributed by atoms with Crippen LogP contribution in [-0.4, -0.2) is 4.98 Å². The summed E-state index contributed by atoms with van der Waals surface area (Å²) in [6, 6.07) is 10.6. The van der Waals surface area contributed by atoms with Crippen LogP contribution in [0.3, 0.4) is 0 Å². The summed E-state index contributed by atoms with van der Waals surface area (Å²) in [5, 5.41) is 1.42. The number of hydrogen-bond donors (Lipinski definition) is 0. The number of hydrogen-bond acceptors (Lipinski definition) is 2. The lowest BCUT2D eigenvalue weighted by molar-refractivity contribution is -0.660. The van der Waals surface area contributed by atoms with E-state index in [1.807, 2.05) is 18.2 Å². The minimum absolute atomic E-state index is 0.0479. The molecule has 1 atom stereocenters. The quantitative estimate of drug-likeness (QED) is 0.469. The van der Waals surface area contributed by atoms with Gasteiger partial charge in [-0.25, -0.2) is 4.57 Å². The topological polar surface area (TPSA) is 29.9 Å². The molecule has 25 heavy (non-hydrogen) atoms. The molecule has 0 radical (unpaired) electrons. The van der Waals surface area contributed by atoms with Gasteiger partial charge in [0.05, 0.1) is 17.0 Å². The van der Waals surface area contributed by atoms with E-state index in [9.17, 15) is 0 Å². The Balaban J connectivity index is 2.13. The van der Waals surface area contributed by atoms with Gasteiger partial charge in [0.1, 0.15) is 12.6 Å². The van der Waals surface area contributed by atoms with Crippen molar-refractivity contribution in [2.24, 2.45) is 7.05 Å². The summed E-state index contributed by atoms with van der Waals surface area (Å²) in [5.41, 5.74) is 2.99. The standard InChI is InChI=1S/C22H23N2O/c1-13(2)21-22-20(16-8-6-7-9-18(16)25-22)19(15(4)23-21)17-11-10-14(3)12-24(17)5/h6-13H,1-5H3/q+1/i1D3,3D3,13D. The molecule has 0 aliphatic carbocycles. The molecule has 3 heteroatoms. The smallest absolute Gasteiger partial charge is 0.214 e. The summed E-state index contributed by atoms with van der Waals surface area (Å²) >= 11 is 0. The first kappa shape index (κ1) is 9.71. The van der Waals surface area contributed by atoms with E-state index in [0.29, 0.717) is 27.9 Å². The summed E-state index contributed by atoms with van der Waals surface area (Å²) in [7, 11) is 1.75. The van der Waals surface area contributed by atoms with Gasteiger partial charge in [0.25, 0.3) is 0 Å². The van der Waals surface area contributed by atoms with E-state index in [4.69, 9.17) is 14.0 Å². The SMILES string of the molecule is [2H]C([2H])([2H])c1ccc(-c2c(C)nc(C([2H])(C)C([2H])([2H])[2H])c3oc4ccccc4c23)[n+](C)c1. The number of pyridine rings is 2. The van der Waals surface area contributed by atoms with E-state index >= 15 is 0 Å². The first-order valence-corrected chi connectivity index (χ1v) is 8.06. The highest BCUT2D eigenvalue weighted by Gasteiger charge is 2.24. The minimum atomic E-state index is -2.62. The zero-order chi connectivity index (χ0) is 23.6. The molecule has 126 valence electrons. The van der Waals surface area contributed by atoms with Crippen molar-refractivity contribution in [2.45, 2.75) is 33.4 Å². The summed E-state index contributed by atoms with van der Waals surface area (Å²) < 4.78 is 63.1. The number of aryl methyl sites for hydroxylation is 3. The van der Waals surface area contributed by atoms with Crippen LogP contribution in [0.2, 0.25) is 0 Å². The Labute approximate surface area is 157 Å². The van der Waals surface area contributed by atoms with Crippen molar-refractivity contribution in [1.82, 2.24) is 4.98 Å². The largest absolute Gasteiger partial charge is 0.454 e. The highest BCUT2D eigenvalue weighted by Crippen LogP contribution is 2.39. The maximum absolute atomic E-state index is 8.63. The molecule has 0 saturated carbocycles. The van der Waals surface area contributed by atoms with Gasteiger partial charge in [0, 0.05) is 32.0 Å². The molecular weight excluding hydrogens is 308 g/mol. The molecule has 4 rings (SSSR count). The van der Waals surface area contributed by atoms with Crippen LogP contribution < -0.4 is 4.57 Å². The molecule has 1 aromatic carbocycles. The Kier molecular flexibility index (Phi) is 2.21. The van der Waals surface area contributed by atoms with Crippen LogP contribution in [-0.2, 0) is 7.05 Å². The molecule has 3 nitrogen and oxygen atoms in total. The summed E-state index contributed by atoms with van der Waals surface area (Å²) in [6.45, 7) is -1.78. The van der Waals surface area contributed by atoms with Gasteiger partial charge in [0.15, 0.2) is 11.8 Å². The number of rotatable bonds is 2. The van der Waals surface area contributed by atoms with Crippen LogP contribution in [0, 0.1) is 13.8 Å². The fraction of sp³-hybridized carbons (Fsp3) is 0.273. The third-order valence-corrected chi connectivity index (χ3v) is 4.45. The van der Waals surface area contributed by atoms with Gasteiger partial charge in [0.2, 0.25) is 5.69 Å². The van der Waals surface area contributed by atoms with Gasteiger partial charge in [-0.3, -0.25) is 4.98 Å². The first-order valence-electron chi connectivity index (χ1n) is 11.6.